The Labute approximate surface area is 130 Å². The number of anilines is 2. The molecule has 4 nitrogen and oxygen atoms in total. The fourth-order valence-corrected chi connectivity index (χ4v) is 3.49. The van der Waals surface area contributed by atoms with E-state index in [2.05, 4.69) is 45.2 Å². The van der Waals surface area contributed by atoms with Crippen molar-refractivity contribution in [2.24, 2.45) is 0 Å². The molecule has 0 amide bonds. The molecule has 1 aromatic heterocycles. The van der Waals surface area contributed by atoms with E-state index in [4.69, 9.17) is 0 Å². The van der Waals surface area contributed by atoms with Gasteiger partial charge in [-0.05, 0) is 37.2 Å². The Bertz CT molecular complexity index is 574. The molecule has 1 saturated heterocycles. The van der Waals surface area contributed by atoms with Crippen LogP contribution in [0.15, 0.2) is 29.8 Å². The minimum atomic E-state index is 0.934. The number of nitrogens with zero attached hydrogens (tertiary/aromatic N) is 3. The van der Waals surface area contributed by atoms with Crippen LogP contribution >= 0.6 is 11.3 Å². The Balaban J connectivity index is 1.65. The highest BCUT2D eigenvalue weighted by atomic mass is 32.1. The molecule has 0 radical (unpaired) electrons. The second-order valence-electron chi connectivity index (χ2n) is 5.43. The normalized spacial score (nSPS) is 15.5. The van der Waals surface area contributed by atoms with Crippen molar-refractivity contribution < 1.29 is 0 Å². The van der Waals surface area contributed by atoms with Gasteiger partial charge >= 0.3 is 0 Å². The maximum atomic E-state index is 4.40. The van der Waals surface area contributed by atoms with Crippen LogP contribution in [0.1, 0.15) is 11.1 Å². The molecule has 1 aromatic carbocycles. The number of aromatic nitrogens is 1. The molecule has 0 unspecified atom stereocenters. The molecular weight excluding hydrogens is 280 g/mol. The van der Waals surface area contributed by atoms with Gasteiger partial charge in [0, 0.05) is 50.0 Å². The number of hydrogen-bond acceptors (Lipinski definition) is 5. The van der Waals surface area contributed by atoms with E-state index in [1.807, 2.05) is 18.6 Å². The van der Waals surface area contributed by atoms with Crippen LogP contribution in [0, 0.1) is 6.92 Å². The highest BCUT2D eigenvalue weighted by molar-refractivity contribution is 7.13. The third-order valence-electron chi connectivity index (χ3n) is 4.03. The van der Waals surface area contributed by atoms with Crippen molar-refractivity contribution in [3.05, 3.63) is 40.9 Å². The monoisotopic (exact) mass is 302 g/mol. The summed E-state index contributed by atoms with van der Waals surface area (Å²) >= 11 is 1.73. The topological polar surface area (TPSA) is 31.4 Å². The predicted molar refractivity (Wildman–Crippen MR) is 90.5 cm³/mol. The Kier molecular flexibility index (Phi) is 4.41. The van der Waals surface area contributed by atoms with Crippen LogP contribution in [0.5, 0.6) is 0 Å². The quantitative estimate of drug-likeness (QED) is 0.940. The van der Waals surface area contributed by atoms with Gasteiger partial charge in [0.05, 0.1) is 0 Å². The van der Waals surface area contributed by atoms with Gasteiger partial charge in [-0.15, -0.1) is 11.3 Å². The average molecular weight is 302 g/mol. The van der Waals surface area contributed by atoms with Crippen molar-refractivity contribution in [2.75, 3.05) is 43.0 Å². The van der Waals surface area contributed by atoms with Gasteiger partial charge in [-0.3, -0.25) is 0 Å². The highest BCUT2D eigenvalue weighted by Crippen LogP contribution is 2.23. The van der Waals surface area contributed by atoms with Crippen molar-refractivity contribution >= 4 is 22.2 Å². The summed E-state index contributed by atoms with van der Waals surface area (Å²) in [5.74, 6) is 0. The van der Waals surface area contributed by atoms with E-state index in [1.54, 1.807) is 11.3 Å². The molecular formula is C16H22N4S. The molecule has 1 N–H and O–H groups in total. The van der Waals surface area contributed by atoms with Crippen molar-refractivity contribution in [2.45, 2.75) is 13.5 Å². The van der Waals surface area contributed by atoms with Crippen LogP contribution in [-0.4, -0.2) is 38.2 Å². The lowest BCUT2D eigenvalue weighted by Gasteiger charge is -2.36. The van der Waals surface area contributed by atoms with Gasteiger partial charge in [-0.1, -0.05) is 6.07 Å². The molecule has 5 heteroatoms. The van der Waals surface area contributed by atoms with E-state index < -0.39 is 0 Å². The molecule has 0 saturated carbocycles. The maximum Gasteiger partial charge on any atom is 0.185 e. The fraction of sp³-hybridized carbons (Fsp3) is 0.438. The zero-order valence-corrected chi connectivity index (χ0v) is 13.5. The Morgan fingerprint density at radius 1 is 1.19 bits per heavy atom. The molecule has 2 heterocycles. The second kappa shape index (κ2) is 6.45. The Hall–Kier alpha value is -1.59. The molecule has 0 aliphatic carbocycles. The number of benzene rings is 1. The van der Waals surface area contributed by atoms with Crippen LogP contribution in [0.2, 0.25) is 0 Å². The van der Waals surface area contributed by atoms with Crippen molar-refractivity contribution in [1.29, 1.82) is 0 Å². The first kappa shape index (κ1) is 14.4. The lowest BCUT2D eigenvalue weighted by molar-refractivity contribution is 0.651. The molecule has 21 heavy (non-hydrogen) atoms. The summed E-state index contributed by atoms with van der Waals surface area (Å²) in [7, 11) is 1.99. The summed E-state index contributed by atoms with van der Waals surface area (Å²) in [6, 6.07) is 6.80. The zero-order valence-electron chi connectivity index (χ0n) is 12.7. The Morgan fingerprint density at radius 3 is 2.57 bits per heavy atom. The number of rotatable bonds is 4. The van der Waals surface area contributed by atoms with Crippen molar-refractivity contribution in [3.63, 3.8) is 0 Å². The van der Waals surface area contributed by atoms with Gasteiger partial charge in [0.15, 0.2) is 5.13 Å². The lowest BCUT2D eigenvalue weighted by atomic mass is 10.1. The van der Waals surface area contributed by atoms with E-state index >= 15 is 0 Å². The summed E-state index contributed by atoms with van der Waals surface area (Å²) in [5.41, 5.74) is 4.08. The zero-order chi connectivity index (χ0) is 14.7. The molecule has 0 atom stereocenters. The first-order valence-corrected chi connectivity index (χ1v) is 8.29. The maximum absolute atomic E-state index is 4.40. The highest BCUT2D eigenvalue weighted by Gasteiger charge is 2.19. The molecule has 1 aliphatic heterocycles. The Morgan fingerprint density at radius 2 is 1.95 bits per heavy atom. The predicted octanol–water partition coefficient (Wildman–Crippen LogP) is 2.50. The molecule has 0 spiro atoms. The first-order chi connectivity index (χ1) is 10.3. The van der Waals surface area contributed by atoms with E-state index in [0.29, 0.717) is 0 Å². The van der Waals surface area contributed by atoms with Gasteiger partial charge in [-0.2, -0.15) is 0 Å². The first-order valence-electron chi connectivity index (χ1n) is 7.41. The summed E-state index contributed by atoms with van der Waals surface area (Å²) in [4.78, 5) is 9.25. The summed E-state index contributed by atoms with van der Waals surface area (Å²) in [6.45, 7) is 7.34. The van der Waals surface area contributed by atoms with Crippen molar-refractivity contribution in [3.8, 4) is 0 Å². The van der Waals surface area contributed by atoms with Crippen molar-refractivity contribution in [1.82, 2.24) is 10.3 Å². The summed E-state index contributed by atoms with van der Waals surface area (Å²) in [5, 5.41) is 6.41. The van der Waals surface area contributed by atoms with E-state index in [0.717, 1.165) is 37.9 Å². The minimum absolute atomic E-state index is 0.934. The number of nitrogens with one attached hydrogen (secondary N) is 1. The standard InChI is InChI=1S/C16H22N4S/c1-13-11-15(4-3-14(13)12-17-2)19-6-8-20(9-7-19)16-18-5-10-21-16/h3-5,10-11,17H,6-9,12H2,1-2H3. The summed E-state index contributed by atoms with van der Waals surface area (Å²) in [6.07, 6.45) is 1.89. The fourth-order valence-electron chi connectivity index (χ4n) is 2.79. The van der Waals surface area contributed by atoms with Gasteiger partial charge < -0.3 is 15.1 Å². The van der Waals surface area contributed by atoms with E-state index in [-0.39, 0.29) is 0 Å². The largest absolute Gasteiger partial charge is 0.368 e. The summed E-state index contributed by atoms with van der Waals surface area (Å²) < 4.78 is 0. The van der Waals surface area contributed by atoms with Gasteiger partial charge in [0.25, 0.3) is 0 Å². The van der Waals surface area contributed by atoms with Gasteiger partial charge in [-0.25, -0.2) is 4.98 Å². The van der Waals surface area contributed by atoms with Crippen LogP contribution in [0.4, 0.5) is 10.8 Å². The smallest absolute Gasteiger partial charge is 0.185 e. The molecule has 0 bridgehead atoms. The third kappa shape index (κ3) is 3.19. The van der Waals surface area contributed by atoms with Gasteiger partial charge in [0.1, 0.15) is 0 Å². The molecule has 112 valence electrons. The van der Waals surface area contributed by atoms with Crippen LogP contribution < -0.4 is 15.1 Å². The van der Waals surface area contributed by atoms with E-state index in [9.17, 15) is 0 Å². The van der Waals surface area contributed by atoms with E-state index in [1.165, 1.54) is 16.8 Å². The minimum Gasteiger partial charge on any atom is -0.368 e. The second-order valence-corrected chi connectivity index (χ2v) is 6.30. The number of hydrogen-bond donors (Lipinski definition) is 1. The number of thiazole rings is 1. The third-order valence-corrected chi connectivity index (χ3v) is 4.86. The number of piperazine rings is 1. The molecule has 1 aliphatic rings. The molecule has 2 aromatic rings. The van der Waals surface area contributed by atoms with Gasteiger partial charge in [0.2, 0.25) is 0 Å². The number of aryl methyl sites for hydroxylation is 1. The average Bonchev–Trinajstić information content (AvgIpc) is 3.04. The van der Waals surface area contributed by atoms with Crippen LogP contribution in [0.25, 0.3) is 0 Å². The molecule has 1 fully saturated rings. The van der Waals surface area contributed by atoms with Crippen LogP contribution in [-0.2, 0) is 6.54 Å². The van der Waals surface area contributed by atoms with Crippen LogP contribution in [0.3, 0.4) is 0 Å². The SMILES string of the molecule is CNCc1ccc(N2CCN(c3nccs3)CC2)cc1C. The lowest BCUT2D eigenvalue weighted by Crippen LogP contribution is -2.46. The molecule has 3 rings (SSSR count).